The van der Waals surface area contributed by atoms with Crippen LogP contribution >= 0.6 is 0 Å². The van der Waals surface area contributed by atoms with Gasteiger partial charge in [0.25, 0.3) is 0 Å². The molecule has 24 heavy (non-hydrogen) atoms. The summed E-state index contributed by atoms with van der Waals surface area (Å²) in [5.74, 6) is -0.454. The fraction of sp³-hybridized carbons (Fsp3) is 0.500. The van der Waals surface area contributed by atoms with Gasteiger partial charge in [0.1, 0.15) is 5.75 Å². The first-order valence-electron chi connectivity index (χ1n) is 7.54. The molecule has 8 heteroatoms. The van der Waals surface area contributed by atoms with Gasteiger partial charge >= 0.3 is 13.3 Å². The number of aromatic hydroxyl groups is 1. The summed E-state index contributed by atoms with van der Waals surface area (Å²) in [4.78, 5) is 0. The molecule has 1 fully saturated rings. The van der Waals surface area contributed by atoms with Crippen LogP contribution in [0.5, 0.6) is 5.75 Å². The lowest BCUT2D eigenvalue weighted by molar-refractivity contribution is -0.137. The van der Waals surface area contributed by atoms with Gasteiger partial charge in [-0.3, -0.25) is 0 Å². The van der Waals surface area contributed by atoms with Gasteiger partial charge in [-0.15, -0.1) is 0 Å². The van der Waals surface area contributed by atoms with Crippen LogP contribution in [0.1, 0.15) is 38.8 Å². The van der Waals surface area contributed by atoms with Crippen LogP contribution in [0.25, 0.3) is 6.08 Å². The van der Waals surface area contributed by atoms with Gasteiger partial charge < -0.3 is 20.1 Å². The lowest BCUT2D eigenvalue weighted by atomic mass is 9.76. The van der Waals surface area contributed by atoms with Crippen molar-refractivity contribution >= 4 is 13.2 Å². The van der Waals surface area contributed by atoms with E-state index in [2.05, 4.69) is 0 Å². The highest BCUT2D eigenvalue weighted by molar-refractivity contribution is 6.55. The Labute approximate surface area is 139 Å². The van der Waals surface area contributed by atoms with E-state index in [9.17, 15) is 18.3 Å². The molecule has 0 atom stereocenters. The van der Waals surface area contributed by atoms with Gasteiger partial charge in [0, 0.05) is 6.54 Å². The second-order valence-corrected chi connectivity index (χ2v) is 6.78. The number of hydrogen-bond donors (Lipinski definition) is 2. The van der Waals surface area contributed by atoms with Crippen molar-refractivity contribution in [1.29, 1.82) is 0 Å². The fourth-order valence-corrected chi connectivity index (χ4v) is 2.33. The summed E-state index contributed by atoms with van der Waals surface area (Å²) in [7, 11) is -0.824. The summed E-state index contributed by atoms with van der Waals surface area (Å²) >= 11 is 0. The number of phenols is 1. The molecule has 0 unspecified atom stereocenters. The van der Waals surface area contributed by atoms with Crippen molar-refractivity contribution in [3.05, 3.63) is 34.8 Å². The van der Waals surface area contributed by atoms with Crippen LogP contribution in [0.3, 0.4) is 0 Å². The average Bonchev–Trinajstić information content (AvgIpc) is 2.64. The Morgan fingerprint density at radius 3 is 2.21 bits per heavy atom. The molecule has 0 radical (unpaired) electrons. The standard InChI is InChI=1S/C16H21BF3NO3/c1-14(2)15(3,4)24-17(23-14)11(9-21)7-10-5-6-12(22)8-13(10)16(18,19)20/h5-8,22H,9,21H2,1-4H3. The Hall–Kier alpha value is -1.51. The predicted molar refractivity (Wildman–Crippen MR) is 86.2 cm³/mol. The van der Waals surface area contributed by atoms with Gasteiger partial charge in [-0.25, -0.2) is 0 Å². The number of benzene rings is 1. The van der Waals surface area contributed by atoms with E-state index in [0.717, 1.165) is 0 Å². The Balaban J connectivity index is 2.43. The normalized spacial score (nSPS) is 20.5. The molecule has 1 aromatic carbocycles. The summed E-state index contributed by atoms with van der Waals surface area (Å²) in [5.41, 5.74) is 3.83. The predicted octanol–water partition coefficient (Wildman–Crippen LogP) is 3.38. The van der Waals surface area contributed by atoms with Gasteiger partial charge in [-0.2, -0.15) is 13.2 Å². The SMILES string of the molecule is CC1(C)OB(C(=Cc2ccc(O)cc2C(F)(F)F)CN)OC1(C)C. The molecule has 1 saturated heterocycles. The van der Waals surface area contributed by atoms with Crippen LogP contribution in [0.2, 0.25) is 0 Å². The molecule has 4 nitrogen and oxygen atoms in total. The van der Waals surface area contributed by atoms with Gasteiger partial charge in [-0.1, -0.05) is 12.1 Å². The van der Waals surface area contributed by atoms with Crippen molar-refractivity contribution in [2.45, 2.75) is 45.1 Å². The number of nitrogens with two attached hydrogens (primary N) is 1. The summed E-state index contributed by atoms with van der Waals surface area (Å²) in [6, 6.07) is 3.07. The molecule has 0 aromatic heterocycles. The zero-order valence-electron chi connectivity index (χ0n) is 14.1. The van der Waals surface area contributed by atoms with Crippen molar-refractivity contribution < 1.29 is 27.6 Å². The highest BCUT2D eigenvalue weighted by Gasteiger charge is 2.52. The smallest absolute Gasteiger partial charge is 0.491 e. The number of halogens is 3. The van der Waals surface area contributed by atoms with Crippen molar-refractivity contribution in [2.75, 3.05) is 6.54 Å². The van der Waals surface area contributed by atoms with E-state index in [4.69, 9.17) is 15.0 Å². The second kappa shape index (κ2) is 6.09. The second-order valence-electron chi connectivity index (χ2n) is 6.78. The minimum atomic E-state index is -4.60. The molecule has 0 spiro atoms. The van der Waals surface area contributed by atoms with Gasteiger partial charge in [0.05, 0.1) is 16.8 Å². The molecule has 1 aliphatic heterocycles. The number of phenolic OH excluding ortho intramolecular Hbond substituents is 1. The van der Waals surface area contributed by atoms with Gasteiger partial charge in [0.15, 0.2) is 0 Å². The Bertz CT molecular complexity index is 640. The molecular weight excluding hydrogens is 322 g/mol. The molecule has 1 aliphatic rings. The molecule has 3 N–H and O–H groups in total. The van der Waals surface area contributed by atoms with E-state index < -0.39 is 35.8 Å². The minimum absolute atomic E-state index is 0.0188. The average molecular weight is 343 g/mol. The molecular formula is C16H21BF3NO3. The van der Waals surface area contributed by atoms with Crippen LogP contribution in [-0.2, 0) is 15.5 Å². The fourth-order valence-electron chi connectivity index (χ4n) is 2.33. The molecule has 1 aromatic rings. The molecule has 132 valence electrons. The van der Waals surface area contributed by atoms with Crippen LogP contribution in [0, 0.1) is 0 Å². The van der Waals surface area contributed by atoms with E-state index in [1.807, 2.05) is 27.7 Å². The van der Waals surface area contributed by atoms with Gasteiger partial charge in [0.2, 0.25) is 0 Å². The molecule has 0 aliphatic carbocycles. The third-order valence-corrected chi connectivity index (χ3v) is 4.47. The zero-order valence-corrected chi connectivity index (χ0v) is 14.1. The van der Waals surface area contributed by atoms with Crippen molar-refractivity contribution in [3.63, 3.8) is 0 Å². The summed E-state index contributed by atoms with van der Waals surface area (Å²) in [6.07, 6.45) is -3.29. The molecule has 0 saturated carbocycles. The highest BCUT2D eigenvalue weighted by Crippen LogP contribution is 2.40. The summed E-state index contributed by atoms with van der Waals surface area (Å²) in [6.45, 7) is 7.38. The zero-order chi connectivity index (χ0) is 18.3. The first-order chi connectivity index (χ1) is 10.9. The van der Waals surface area contributed by atoms with Crippen molar-refractivity contribution in [1.82, 2.24) is 0 Å². The van der Waals surface area contributed by atoms with Crippen molar-refractivity contribution in [2.24, 2.45) is 5.73 Å². The lowest BCUT2D eigenvalue weighted by Crippen LogP contribution is -2.41. The Kier molecular flexibility index (Phi) is 4.78. The maximum atomic E-state index is 13.2. The van der Waals surface area contributed by atoms with E-state index in [1.54, 1.807) is 0 Å². The van der Waals surface area contributed by atoms with Crippen LogP contribution < -0.4 is 5.73 Å². The molecule has 2 rings (SSSR count). The third-order valence-electron chi connectivity index (χ3n) is 4.47. The monoisotopic (exact) mass is 343 g/mol. The van der Waals surface area contributed by atoms with E-state index in [-0.39, 0.29) is 12.1 Å². The Morgan fingerprint density at radius 2 is 1.75 bits per heavy atom. The largest absolute Gasteiger partial charge is 0.508 e. The maximum absolute atomic E-state index is 13.2. The van der Waals surface area contributed by atoms with Crippen LogP contribution in [0.4, 0.5) is 13.2 Å². The van der Waals surface area contributed by atoms with Crippen LogP contribution in [-0.4, -0.2) is 30.0 Å². The van der Waals surface area contributed by atoms with E-state index in [0.29, 0.717) is 11.5 Å². The van der Waals surface area contributed by atoms with E-state index in [1.165, 1.54) is 18.2 Å². The lowest BCUT2D eigenvalue weighted by Gasteiger charge is -2.32. The molecule has 0 amide bonds. The highest BCUT2D eigenvalue weighted by atomic mass is 19.4. The first kappa shape index (κ1) is 18.8. The summed E-state index contributed by atoms with van der Waals surface area (Å²) < 4.78 is 51.2. The number of alkyl halides is 3. The van der Waals surface area contributed by atoms with Gasteiger partial charge in [-0.05, 0) is 50.9 Å². The van der Waals surface area contributed by atoms with Crippen LogP contribution in [0.15, 0.2) is 23.7 Å². The summed E-state index contributed by atoms with van der Waals surface area (Å²) in [5, 5.41) is 9.35. The molecule has 1 heterocycles. The number of rotatable bonds is 3. The first-order valence-corrected chi connectivity index (χ1v) is 7.54. The van der Waals surface area contributed by atoms with Crippen molar-refractivity contribution in [3.8, 4) is 5.75 Å². The third kappa shape index (κ3) is 3.60. The topological polar surface area (TPSA) is 64.7 Å². The maximum Gasteiger partial charge on any atom is 0.491 e. The molecule has 0 bridgehead atoms. The number of hydrogen-bond acceptors (Lipinski definition) is 4. The Morgan fingerprint density at radius 1 is 1.21 bits per heavy atom. The van der Waals surface area contributed by atoms with E-state index >= 15 is 0 Å². The minimum Gasteiger partial charge on any atom is -0.508 e. The quantitative estimate of drug-likeness (QED) is 0.826.